The molecule has 5 nitrogen and oxygen atoms in total. The number of amides is 2. The van der Waals surface area contributed by atoms with Crippen LogP contribution in [0.3, 0.4) is 0 Å². The summed E-state index contributed by atoms with van der Waals surface area (Å²) in [6.45, 7) is 3.84. The highest BCUT2D eigenvalue weighted by Crippen LogP contribution is 2.30. The summed E-state index contributed by atoms with van der Waals surface area (Å²) in [5.41, 5.74) is 0. The molecule has 1 aliphatic carbocycles. The number of rotatable bonds is 5. The molecule has 3 unspecified atom stereocenters. The van der Waals surface area contributed by atoms with Gasteiger partial charge in [0.05, 0.1) is 0 Å². The van der Waals surface area contributed by atoms with E-state index in [1.165, 1.54) is 6.92 Å². The van der Waals surface area contributed by atoms with Crippen LogP contribution in [0, 0.1) is 11.8 Å². The van der Waals surface area contributed by atoms with Gasteiger partial charge in [0.15, 0.2) is 0 Å². The Kier molecular flexibility index (Phi) is 5.41. The van der Waals surface area contributed by atoms with Gasteiger partial charge in [0.25, 0.3) is 0 Å². The third-order valence-corrected chi connectivity index (χ3v) is 3.40. The fourth-order valence-corrected chi connectivity index (χ4v) is 2.38. The van der Waals surface area contributed by atoms with E-state index in [1.807, 2.05) is 0 Å². The first kappa shape index (κ1) is 14.0. The molecule has 3 atom stereocenters. The van der Waals surface area contributed by atoms with E-state index in [4.69, 9.17) is 5.11 Å². The van der Waals surface area contributed by atoms with Gasteiger partial charge in [-0.2, -0.15) is 0 Å². The Bertz CT molecular complexity index is 281. The predicted octanol–water partition coefficient (Wildman–Crippen LogP) is 0.0358. The van der Waals surface area contributed by atoms with Gasteiger partial charge < -0.3 is 15.7 Å². The molecule has 0 aromatic heterocycles. The number of aliphatic hydroxyl groups excluding tert-OH is 1. The SMILES string of the molecule is CC(=O)NC(C)C(=O)NCC1CCCC1CO. The summed E-state index contributed by atoms with van der Waals surface area (Å²) in [7, 11) is 0. The molecule has 98 valence electrons. The van der Waals surface area contributed by atoms with E-state index in [2.05, 4.69) is 10.6 Å². The minimum absolute atomic E-state index is 0.163. The van der Waals surface area contributed by atoms with Crippen molar-refractivity contribution in [1.29, 1.82) is 0 Å². The molecule has 3 N–H and O–H groups in total. The molecule has 2 amide bonds. The summed E-state index contributed by atoms with van der Waals surface area (Å²) in [6, 6.07) is -0.499. The van der Waals surface area contributed by atoms with E-state index in [-0.39, 0.29) is 18.4 Å². The first-order valence-corrected chi connectivity index (χ1v) is 6.20. The molecule has 17 heavy (non-hydrogen) atoms. The molecule has 5 heteroatoms. The minimum Gasteiger partial charge on any atom is -0.396 e. The molecule has 1 rings (SSSR count). The van der Waals surface area contributed by atoms with Crippen LogP contribution in [0.4, 0.5) is 0 Å². The maximum absolute atomic E-state index is 11.6. The zero-order chi connectivity index (χ0) is 12.8. The van der Waals surface area contributed by atoms with Crippen LogP contribution in [0.25, 0.3) is 0 Å². The zero-order valence-corrected chi connectivity index (χ0v) is 10.5. The summed E-state index contributed by atoms with van der Waals surface area (Å²) in [5.74, 6) is 0.311. The summed E-state index contributed by atoms with van der Waals surface area (Å²) in [5, 5.41) is 14.5. The summed E-state index contributed by atoms with van der Waals surface area (Å²) in [6.07, 6.45) is 3.21. The number of carbonyl (C=O) groups excluding carboxylic acids is 2. The highest BCUT2D eigenvalue weighted by molar-refractivity contribution is 5.86. The van der Waals surface area contributed by atoms with Gasteiger partial charge in [-0.3, -0.25) is 9.59 Å². The average molecular weight is 242 g/mol. The Labute approximate surface area is 102 Å². The van der Waals surface area contributed by atoms with E-state index in [0.717, 1.165) is 19.3 Å². The third kappa shape index (κ3) is 4.34. The van der Waals surface area contributed by atoms with Crippen LogP contribution in [-0.2, 0) is 9.59 Å². The molecule has 1 saturated carbocycles. The van der Waals surface area contributed by atoms with Gasteiger partial charge in [-0.25, -0.2) is 0 Å². The fraction of sp³-hybridized carbons (Fsp3) is 0.833. The highest BCUT2D eigenvalue weighted by Gasteiger charge is 2.27. The predicted molar refractivity (Wildman–Crippen MR) is 64.2 cm³/mol. The van der Waals surface area contributed by atoms with E-state index in [1.54, 1.807) is 6.92 Å². The second-order valence-electron chi connectivity index (χ2n) is 4.80. The van der Waals surface area contributed by atoms with Gasteiger partial charge in [-0.1, -0.05) is 6.42 Å². The Morgan fingerprint density at radius 3 is 2.59 bits per heavy atom. The van der Waals surface area contributed by atoms with Crippen LogP contribution < -0.4 is 10.6 Å². The van der Waals surface area contributed by atoms with Crippen molar-refractivity contribution in [1.82, 2.24) is 10.6 Å². The Balaban J connectivity index is 2.30. The van der Waals surface area contributed by atoms with Gasteiger partial charge in [-0.15, -0.1) is 0 Å². The van der Waals surface area contributed by atoms with E-state index in [0.29, 0.717) is 18.4 Å². The van der Waals surface area contributed by atoms with Crippen molar-refractivity contribution in [3.63, 3.8) is 0 Å². The van der Waals surface area contributed by atoms with Crippen molar-refractivity contribution < 1.29 is 14.7 Å². The minimum atomic E-state index is -0.499. The van der Waals surface area contributed by atoms with E-state index in [9.17, 15) is 9.59 Å². The summed E-state index contributed by atoms with van der Waals surface area (Å²) < 4.78 is 0. The Morgan fingerprint density at radius 2 is 2.00 bits per heavy atom. The van der Waals surface area contributed by atoms with Crippen LogP contribution in [0.1, 0.15) is 33.1 Å². The van der Waals surface area contributed by atoms with Crippen molar-refractivity contribution >= 4 is 11.8 Å². The van der Waals surface area contributed by atoms with Crippen molar-refractivity contribution in [2.45, 2.75) is 39.2 Å². The monoisotopic (exact) mass is 242 g/mol. The van der Waals surface area contributed by atoms with Gasteiger partial charge in [0, 0.05) is 20.1 Å². The topological polar surface area (TPSA) is 78.4 Å². The van der Waals surface area contributed by atoms with Gasteiger partial charge in [0.1, 0.15) is 6.04 Å². The maximum Gasteiger partial charge on any atom is 0.242 e. The Morgan fingerprint density at radius 1 is 1.35 bits per heavy atom. The molecular formula is C12H22N2O3. The van der Waals surface area contributed by atoms with Crippen LogP contribution in [-0.4, -0.2) is 36.1 Å². The summed E-state index contributed by atoms with van der Waals surface area (Å²) in [4.78, 5) is 22.4. The number of hydrogen-bond donors (Lipinski definition) is 3. The van der Waals surface area contributed by atoms with Crippen molar-refractivity contribution in [3.05, 3.63) is 0 Å². The molecule has 0 saturated heterocycles. The molecule has 1 fully saturated rings. The summed E-state index contributed by atoms with van der Waals surface area (Å²) >= 11 is 0. The first-order valence-electron chi connectivity index (χ1n) is 6.20. The van der Waals surface area contributed by atoms with Crippen LogP contribution in [0.2, 0.25) is 0 Å². The number of aliphatic hydroxyl groups is 1. The van der Waals surface area contributed by atoms with Crippen LogP contribution in [0.5, 0.6) is 0 Å². The quantitative estimate of drug-likeness (QED) is 0.636. The fourth-order valence-electron chi connectivity index (χ4n) is 2.38. The average Bonchev–Trinajstić information content (AvgIpc) is 2.72. The lowest BCUT2D eigenvalue weighted by Gasteiger charge is -2.19. The molecule has 1 aliphatic rings. The lowest BCUT2D eigenvalue weighted by Crippen LogP contribution is -2.45. The first-order chi connectivity index (χ1) is 8.04. The Hall–Kier alpha value is -1.10. The molecule has 0 bridgehead atoms. The van der Waals surface area contributed by atoms with Crippen molar-refractivity contribution in [2.24, 2.45) is 11.8 Å². The molecule has 0 radical (unpaired) electrons. The van der Waals surface area contributed by atoms with Gasteiger partial charge in [-0.05, 0) is 31.6 Å². The smallest absolute Gasteiger partial charge is 0.242 e. The second-order valence-corrected chi connectivity index (χ2v) is 4.80. The normalized spacial score (nSPS) is 25.4. The van der Waals surface area contributed by atoms with Crippen LogP contribution in [0.15, 0.2) is 0 Å². The second kappa shape index (κ2) is 6.59. The lowest BCUT2D eigenvalue weighted by molar-refractivity contribution is -0.127. The van der Waals surface area contributed by atoms with Crippen LogP contribution >= 0.6 is 0 Å². The third-order valence-electron chi connectivity index (χ3n) is 3.40. The largest absolute Gasteiger partial charge is 0.396 e. The molecular weight excluding hydrogens is 220 g/mol. The van der Waals surface area contributed by atoms with Crippen molar-refractivity contribution in [2.75, 3.05) is 13.2 Å². The number of nitrogens with one attached hydrogen (secondary N) is 2. The van der Waals surface area contributed by atoms with Gasteiger partial charge >= 0.3 is 0 Å². The molecule has 0 aliphatic heterocycles. The maximum atomic E-state index is 11.6. The van der Waals surface area contributed by atoms with E-state index >= 15 is 0 Å². The molecule has 0 aromatic rings. The lowest BCUT2D eigenvalue weighted by atomic mass is 9.97. The molecule has 0 heterocycles. The molecule has 0 aromatic carbocycles. The van der Waals surface area contributed by atoms with Crippen molar-refractivity contribution in [3.8, 4) is 0 Å². The van der Waals surface area contributed by atoms with E-state index < -0.39 is 6.04 Å². The van der Waals surface area contributed by atoms with Gasteiger partial charge in [0.2, 0.25) is 11.8 Å². The standard InChI is InChI=1S/C12H22N2O3/c1-8(14-9(2)16)12(17)13-6-10-4-3-5-11(10)7-15/h8,10-11,15H,3-7H2,1-2H3,(H,13,17)(H,14,16). The number of hydrogen-bond acceptors (Lipinski definition) is 3. The zero-order valence-electron chi connectivity index (χ0n) is 10.5. The number of carbonyl (C=O) groups is 2. The molecule has 0 spiro atoms. The highest BCUT2D eigenvalue weighted by atomic mass is 16.3.